The van der Waals surface area contributed by atoms with Crippen molar-refractivity contribution in [3.05, 3.63) is 113 Å². The highest BCUT2D eigenvalue weighted by Gasteiger charge is 2.41. The van der Waals surface area contributed by atoms with E-state index in [0.29, 0.717) is 18.1 Å². The van der Waals surface area contributed by atoms with Crippen LogP contribution in [0.3, 0.4) is 0 Å². The molecule has 2 aromatic heterocycles. The molecule has 2 aromatic carbocycles. The molecule has 1 fully saturated rings. The van der Waals surface area contributed by atoms with Crippen LogP contribution in [0.2, 0.25) is 0 Å². The Bertz CT molecular complexity index is 1460. The number of thiocarbonyl (C=S) groups is 1. The van der Waals surface area contributed by atoms with Gasteiger partial charge in [-0.25, -0.2) is 0 Å². The van der Waals surface area contributed by atoms with E-state index in [1.54, 1.807) is 0 Å². The number of nitrogens with zero attached hydrogens (tertiary/aromatic N) is 3. The van der Waals surface area contributed by atoms with Gasteiger partial charge in [0.1, 0.15) is 0 Å². The smallest absolute Gasteiger partial charge is 0.226 e. The molecule has 1 aliphatic heterocycles. The maximum absolute atomic E-state index is 12.9. The third kappa shape index (κ3) is 5.20. The third-order valence-corrected chi connectivity index (χ3v) is 7.51. The van der Waals surface area contributed by atoms with Crippen molar-refractivity contribution in [1.82, 2.24) is 19.8 Å². The summed E-state index contributed by atoms with van der Waals surface area (Å²) in [6.45, 7) is 8.92. The van der Waals surface area contributed by atoms with Crippen molar-refractivity contribution in [2.24, 2.45) is 0 Å². The van der Waals surface area contributed by atoms with E-state index < -0.39 is 0 Å². The van der Waals surface area contributed by atoms with Crippen LogP contribution < -0.4 is 10.6 Å². The number of carbonyl (C=O) groups is 1. The number of nitrogens with one attached hydrogen (secondary N) is 2. The molecule has 2 N–H and O–H groups in total. The highest BCUT2D eigenvalue weighted by molar-refractivity contribution is 7.80. The quantitative estimate of drug-likeness (QED) is 0.286. The van der Waals surface area contributed by atoms with Gasteiger partial charge in [-0.3, -0.25) is 9.78 Å². The van der Waals surface area contributed by atoms with Crippen LogP contribution in [-0.4, -0.2) is 32.0 Å². The first-order valence-corrected chi connectivity index (χ1v) is 13.3. The Balaban J connectivity index is 1.46. The molecular formula is C31H33N5OS. The van der Waals surface area contributed by atoms with Crippen LogP contribution in [0.5, 0.6) is 0 Å². The standard InChI is InChI=1S/C31H33N5OS/c1-20-11-13-24(14-12-20)33-28(37)15-17-35-30(29(34-31(35)38)27-10-5-6-16-32-27)26-19-22(3)36(23(26)4)25-9-7-8-21(2)18-25/h5-14,16,18-19,29-30H,15,17H2,1-4H3,(H,33,37)(H,34,38)/t29-,30+/m0/s1. The van der Waals surface area contributed by atoms with Crippen molar-refractivity contribution >= 4 is 28.9 Å². The zero-order chi connectivity index (χ0) is 26.8. The number of aromatic nitrogens is 2. The van der Waals surface area contributed by atoms with Crippen molar-refractivity contribution < 1.29 is 4.79 Å². The molecule has 5 rings (SSSR count). The van der Waals surface area contributed by atoms with Crippen LogP contribution in [0, 0.1) is 27.7 Å². The average molecular weight is 524 g/mol. The number of benzene rings is 2. The van der Waals surface area contributed by atoms with Gasteiger partial charge in [-0.15, -0.1) is 0 Å². The predicted octanol–water partition coefficient (Wildman–Crippen LogP) is 6.11. The van der Waals surface area contributed by atoms with E-state index in [-0.39, 0.29) is 18.0 Å². The molecule has 1 amide bonds. The molecule has 194 valence electrons. The fourth-order valence-electron chi connectivity index (χ4n) is 5.32. The van der Waals surface area contributed by atoms with E-state index in [1.165, 1.54) is 11.1 Å². The summed E-state index contributed by atoms with van der Waals surface area (Å²) in [5.74, 6) is -0.0399. The predicted molar refractivity (Wildman–Crippen MR) is 157 cm³/mol. The van der Waals surface area contributed by atoms with Gasteiger partial charge in [0, 0.05) is 41.9 Å². The van der Waals surface area contributed by atoms with Crippen LogP contribution in [0.4, 0.5) is 5.69 Å². The van der Waals surface area contributed by atoms with E-state index >= 15 is 0 Å². The summed E-state index contributed by atoms with van der Waals surface area (Å²) in [5.41, 5.74) is 8.71. The van der Waals surface area contributed by atoms with Gasteiger partial charge in [0.2, 0.25) is 5.91 Å². The minimum absolute atomic E-state index is 0.0399. The van der Waals surface area contributed by atoms with Crippen molar-refractivity contribution in [2.75, 3.05) is 11.9 Å². The van der Waals surface area contributed by atoms with E-state index in [9.17, 15) is 4.79 Å². The van der Waals surface area contributed by atoms with Gasteiger partial charge in [0.15, 0.2) is 5.11 Å². The summed E-state index contributed by atoms with van der Waals surface area (Å²) in [6.07, 6.45) is 2.13. The van der Waals surface area contributed by atoms with E-state index in [4.69, 9.17) is 12.2 Å². The van der Waals surface area contributed by atoms with Gasteiger partial charge in [-0.1, -0.05) is 35.9 Å². The zero-order valence-electron chi connectivity index (χ0n) is 22.2. The SMILES string of the molecule is Cc1ccc(NC(=O)CCN2C(=S)N[C@@H](c3ccccn3)[C@H]2c2cc(C)n(-c3cccc(C)c3)c2C)cc1. The van der Waals surface area contributed by atoms with Crippen molar-refractivity contribution in [1.29, 1.82) is 0 Å². The van der Waals surface area contributed by atoms with Crippen LogP contribution in [0.15, 0.2) is 79.0 Å². The van der Waals surface area contributed by atoms with Crippen LogP contribution in [-0.2, 0) is 4.79 Å². The molecule has 1 saturated heterocycles. The van der Waals surface area contributed by atoms with Gasteiger partial charge < -0.3 is 20.1 Å². The maximum Gasteiger partial charge on any atom is 0.226 e. The maximum atomic E-state index is 12.9. The molecule has 7 heteroatoms. The fourth-order valence-corrected chi connectivity index (χ4v) is 5.65. The molecular weight excluding hydrogens is 490 g/mol. The van der Waals surface area contributed by atoms with Crippen LogP contribution in [0.1, 0.15) is 52.3 Å². The Kier molecular flexibility index (Phi) is 7.29. The number of pyridine rings is 1. The molecule has 0 spiro atoms. The molecule has 1 aliphatic rings. The molecule has 2 atom stereocenters. The number of amides is 1. The van der Waals surface area contributed by atoms with Gasteiger partial charge in [0.25, 0.3) is 0 Å². The largest absolute Gasteiger partial charge is 0.352 e. The second kappa shape index (κ2) is 10.8. The summed E-state index contributed by atoms with van der Waals surface area (Å²) in [6, 6.07) is 24.3. The number of hydrogen-bond acceptors (Lipinski definition) is 3. The van der Waals surface area contributed by atoms with Crippen LogP contribution >= 0.6 is 12.2 Å². The summed E-state index contributed by atoms with van der Waals surface area (Å²) >= 11 is 5.83. The number of aryl methyl sites for hydroxylation is 3. The lowest BCUT2D eigenvalue weighted by molar-refractivity contribution is -0.116. The van der Waals surface area contributed by atoms with E-state index in [2.05, 4.69) is 76.2 Å². The molecule has 38 heavy (non-hydrogen) atoms. The van der Waals surface area contributed by atoms with E-state index in [1.807, 2.05) is 55.6 Å². The highest BCUT2D eigenvalue weighted by atomic mass is 32.1. The van der Waals surface area contributed by atoms with Gasteiger partial charge in [-0.2, -0.15) is 0 Å². The lowest BCUT2D eigenvalue weighted by Gasteiger charge is -2.28. The summed E-state index contributed by atoms with van der Waals surface area (Å²) < 4.78 is 2.29. The minimum Gasteiger partial charge on any atom is -0.352 e. The molecule has 0 unspecified atom stereocenters. The summed E-state index contributed by atoms with van der Waals surface area (Å²) in [4.78, 5) is 19.7. The Hall–Kier alpha value is -3.97. The Labute approximate surface area is 229 Å². The normalized spacial score (nSPS) is 16.9. The summed E-state index contributed by atoms with van der Waals surface area (Å²) in [5, 5.41) is 7.15. The molecule has 6 nitrogen and oxygen atoms in total. The molecule has 0 bridgehead atoms. The molecule has 0 saturated carbocycles. The second-order valence-electron chi connectivity index (χ2n) is 9.99. The Morgan fingerprint density at radius 2 is 1.76 bits per heavy atom. The van der Waals surface area contributed by atoms with Gasteiger partial charge in [0.05, 0.1) is 17.8 Å². The number of carbonyl (C=O) groups excluding carboxylic acids is 1. The number of hydrogen-bond donors (Lipinski definition) is 2. The Morgan fingerprint density at radius 3 is 2.47 bits per heavy atom. The van der Waals surface area contributed by atoms with E-state index in [0.717, 1.165) is 34.0 Å². The fraction of sp³-hybridized carbons (Fsp3) is 0.258. The van der Waals surface area contributed by atoms with Crippen molar-refractivity contribution in [2.45, 2.75) is 46.2 Å². The molecule has 4 aromatic rings. The summed E-state index contributed by atoms with van der Waals surface area (Å²) in [7, 11) is 0. The molecule has 3 heterocycles. The van der Waals surface area contributed by atoms with Crippen molar-refractivity contribution in [3.8, 4) is 5.69 Å². The minimum atomic E-state index is -0.129. The highest BCUT2D eigenvalue weighted by Crippen LogP contribution is 2.41. The first kappa shape index (κ1) is 25.7. The number of anilines is 1. The lowest BCUT2D eigenvalue weighted by atomic mass is 9.96. The number of rotatable bonds is 7. The second-order valence-corrected chi connectivity index (χ2v) is 10.4. The van der Waals surface area contributed by atoms with Crippen molar-refractivity contribution in [3.63, 3.8) is 0 Å². The third-order valence-electron chi connectivity index (χ3n) is 7.16. The first-order valence-electron chi connectivity index (χ1n) is 12.9. The van der Waals surface area contributed by atoms with Gasteiger partial charge >= 0.3 is 0 Å². The molecule has 0 radical (unpaired) electrons. The zero-order valence-corrected chi connectivity index (χ0v) is 23.0. The lowest BCUT2D eigenvalue weighted by Crippen LogP contribution is -2.32. The topological polar surface area (TPSA) is 62.2 Å². The first-order chi connectivity index (χ1) is 18.3. The average Bonchev–Trinajstić information content (AvgIpc) is 3.39. The van der Waals surface area contributed by atoms with Crippen LogP contribution in [0.25, 0.3) is 5.69 Å². The Morgan fingerprint density at radius 1 is 0.974 bits per heavy atom. The molecule has 0 aliphatic carbocycles. The monoisotopic (exact) mass is 523 g/mol. The van der Waals surface area contributed by atoms with Gasteiger partial charge in [-0.05, 0) is 93.5 Å².